The summed E-state index contributed by atoms with van der Waals surface area (Å²) < 4.78 is 10.5. The molecular formula is C24H26ClNO4. The van der Waals surface area contributed by atoms with Crippen molar-refractivity contribution in [2.45, 2.75) is 38.6 Å². The molecule has 3 aromatic rings. The lowest BCUT2D eigenvalue weighted by molar-refractivity contribution is -0.120. The lowest BCUT2D eigenvalue weighted by atomic mass is 9.85. The van der Waals surface area contributed by atoms with Gasteiger partial charge in [-0.15, -0.1) is 12.4 Å². The summed E-state index contributed by atoms with van der Waals surface area (Å²) in [6.45, 7) is 5.00. The molecule has 1 N–H and O–H groups in total. The number of ether oxygens (including phenoxy) is 1. The van der Waals surface area contributed by atoms with Crippen molar-refractivity contribution in [2.24, 2.45) is 0 Å². The summed E-state index contributed by atoms with van der Waals surface area (Å²) in [6.07, 6.45) is 1.31. The van der Waals surface area contributed by atoms with E-state index in [9.17, 15) is 9.59 Å². The Balaban J connectivity index is 0.00000256. The van der Waals surface area contributed by atoms with E-state index in [2.05, 4.69) is 24.4 Å². The molecule has 1 aliphatic heterocycles. The first-order valence-corrected chi connectivity index (χ1v) is 10.1. The van der Waals surface area contributed by atoms with Crippen LogP contribution >= 0.6 is 12.4 Å². The van der Waals surface area contributed by atoms with Gasteiger partial charge in [0.25, 0.3) is 0 Å². The molecule has 0 spiro atoms. The van der Waals surface area contributed by atoms with Crippen molar-refractivity contribution in [2.75, 3.05) is 13.2 Å². The van der Waals surface area contributed by atoms with Crippen LogP contribution in [0.4, 0.5) is 0 Å². The zero-order valence-corrected chi connectivity index (χ0v) is 18.0. The molecule has 0 saturated carbocycles. The van der Waals surface area contributed by atoms with Crippen molar-refractivity contribution in [3.05, 3.63) is 71.0 Å². The number of benzene rings is 2. The summed E-state index contributed by atoms with van der Waals surface area (Å²) in [4.78, 5) is 25.0. The number of furan rings is 1. The Kier molecular flexibility index (Phi) is 6.95. The molecule has 0 bridgehead atoms. The van der Waals surface area contributed by atoms with Crippen molar-refractivity contribution in [3.8, 4) is 0 Å². The number of hydrogen-bond acceptors (Lipinski definition) is 5. The molecule has 0 aliphatic carbocycles. The highest BCUT2D eigenvalue weighted by Gasteiger charge is 2.34. The van der Waals surface area contributed by atoms with Gasteiger partial charge in [0.15, 0.2) is 5.78 Å². The van der Waals surface area contributed by atoms with Gasteiger partial charge in [-0.1, -0.05) is 30.3 Å². The van der Waals surface area contributed by atoms with E-state index < -0.39 is 5.97 Å². The lowest BCUT2D eigenvalue weighted by Gasteiger charge is -2.20. The molecule has 5 nitrogen and oxygen atoms in total. The van der Waals surface area contributed by atoms with Crippen LogP contribution in [0.5, 0.6) is 0 Å². The molecule has 2 heterocycles. The molecule has 6 heteroatoms. The van der Waals surface area contributed by atoms with Crippen LogP contribution in [0.2, 0.25) is 0 Å². The van der Waals surface area contributed by atoms with Gasteiger partial charge >= 0.3 is 5.97 Å². The Morgan fingerprint density at radius 3 is 2.73 bits per heavy atom. The van der Waals surface area contributed by atoms with Crippen LogP contribution in [0.1, 0.15) is 46.5 Å². The van der Waals surface area contributed by atoms with E-state index in [0.29, 0.717) is 18.6 Å². The number of aryl methyl sites for hydroxylation is 1. The highest BCUT2D eigenvalue weighted by Crippen LogP contribution is 2.31. The molecule has 1 fully saturated rings. The molecule has 30 heavy (non-hydrogen) atoms. The Hall–Kier alpha value is -2.63. The summed E-state index contributed by atoms with van der Waals surface area (Å²) in [5.74, 6) is 0.0981. The van der Waals surface area contributed by atoms with Gasteiger partial charge in [0, 0.05) is 17.7 Å². The standard InChI is InChI=1S/C24H25NO4.ClH/c1-3-28-24(27)22-14-17-12-16(8-9-21(17)29-22)13-20(26)23-19(10-11-25-23)18-7-5-4-6-15(18)2;/h4-9,12,14,19,23,25H,3,10-11,13H2,1-2H3;1H/t19-,23-;/m0./s1. The second-order valence-electron chi connectivity index (χ2n) is 7.53. The molecule has 0 amide bonds. The highest BCUT2D eigenvalue weighted by atomic mass is 35.5. The number of esters is 1. The van der Waals surface area contributed by atoms with E-state index in [1.54, 1.807) is 13.0 Å². The maximum Gasteiger partial charge on any atom is 0.374 e. The quantitative estimate of drug-likeness (QED) is 0.582. The Morgan fingerprint density at radius 2 is 1.97 bits per heavy atom. The second-order valence-corrected chi connectivity index (χ2v) is 7.53. The van der Waals surface area contributed by atoms with Crippen LogP contribution in [0.25, 0.3) is 11.0 Å². The van der Waals surface area contributed by atoms with Gasteiger partial charge in [-0.25, -0.2) is 4.79 Å². The van der Waals surface area contributed by atoms with E-state index in [1.807, 2.05) is 30.3 Å². The first-order valence-electron chi connectivity index (χ1n) is 10.1. The Labute approximate surface area is 182 Å². The average molecular weight is 428 g/mol. The number of ketones is 1. The first-order chi connectivity index (χ1) is 14.1. The highest BCUT2D eigenvalue weighted by molar-refractivity contribution is 5.93. The van der Waals surface area contributed by atoms with Crippen molar-refractivity contribution < 1.29 is 18.7 Å². The smallest absolute Gasteiger partial charge is 0.374 e. The first kappa shape index (κ1) is 22.1. The van der Waals surface area contributed by atoms with Crippen molar-refractivity contribution in [3.63, 3.8) is 0 Å². The molecular weight excluding hydrogens is 402 g/mol. The van der Waals surface area contributed by atoms with E-state index in [4.69, 9.17) is 9.15 Å². The number of rotatable bonds is 6. The lowest BCUT2D eigenvalue weighted by Crippen LogP contribution is -2.36. The van der Waals surface area contributed by atoms with E-state index in [0.717, 1.165) is 23.9 Å². The number of halogens is 1. The third-order valence-electron chi connectivity index (χ3n) is 5.59. The maximum absolute atomic E-state index is 13.1. The number of carbonyl (C=O) groups excluding carboxylic acids is 2. The van der Waals surface area contributed by atoms with Crippen LogP contribution in [0.3, 0.4) is 0 Å². The minimum absolute atomic E-state index is 0. The molecule has 1 aromatic heterocycles. The summed E-state index contributed by atoms with van der Waals surface area (Å²) in [5, 5.41) is 4.19. The van der Waals surface area contributed by atoms with E-state index >= 15 is 0 Å². The van der Waals surface area contributed by atoms with Gasteiger partial charge in [0.2, 0.25) is 5.76 Å². The van der Waals surface area contributed by atoms with E-state index in [-0.39, 0.29) is 35.9 Å². The summed E-state index contributed by atoms with van der Waals surface area (Å²) >= 11 is 0. The van der Waals surface area contributed by atoms with Crippen LogP contribution in [-0.2, 0) is 16.0 Å². The predicted molar refractivity (Wildman–Crippen MR) is 118 cm³/mol. The number of Topliss-reactive ketones (excluding diaryl/α,β-unsaturated/α-hetero) is 1. The fourth-order valence-corrected chi connectivity index (χ4v) is 4.20. The largest absolute Gasteiger partial charge is 0.460 e. The fraction of sp³-hybridized carbons (Fsp3) is 0.333. The third kappa shape index (κ3) is 4.42. The molecule has 2 atom stereocenters. The fourth-order valence-electron chi connectivity index (χ4n) is 4.20. The van der Waals surface area contributed by atoms with E-state index in [1.165, 1.54) is 11.1 Å². The minimum atomic E-state index is -0.474. The van der Waals surface area contributed by atoms with Crippen LogP contribution in [-0.4, -0.2) is 30.9 Å². The SMILES string of the molecule is CCOC(=O)c1cc2cc(CC(=O)[C@H]3NCC[C@H]3c3ccccc3C)ccc2o1.Cl. The van der Waals surface area contributed by atoms with Gasteiger partial charge < -0.3 is 14.5 Å². The van der Waals surface area contributed by atoms with Crippen molar-refractivity contribution >= 4 is 35.1 Å². The van der Waals surface area contributed by atoms with Crippen molar-refractivity contribution in [1.29, 1.82) is 0 Å². The molecule has 2 aromatic carbocycles. The monoisotopic (exact) mass is 427 g/mol. The van der Waals surface area contributed by atoms with Crippen LogP contribution < -0.4 is 5.32 Å². The zero-order valence-electron chi connectivity index (χ0n) is 17.1. The van der Waals surface area contributed by atoms with Crippen LogP contribution in [0.15, 0.2) is 52.9 Å². The minimum Gasteiger partial charge on any atom is -0.460 e. The summed E-state index contributed by atoms with van der Waals surface area (Å²) in [6, 6.07) is 15.4. The van der Waals surface area contributed by atoms with Gasteiger partial charge in [-0.3, -0.25) is 4.79 Å². The number of nitrogens with one attached hydrogen (secondary N) is 1. The van der Waals surface area contributed by atoms with Gasteiger partial charge in [0.05, 0.1) is 12.6 Å². The molecule has 1 aliphatic rings. The average Bonchev–Trinajstić information content (AvgIpc) is 3.35. The molecule has 0 radical (unpaired) electrons. The summed E-state index contributed by atoms with van der Waals surface area (Å²) in [5.41, 5.74) is 4.00. The predicted octanol–water partition coefficient (Wildman–Crippen LogP) is 4.60. The Bertz CT molecular complexity index is 1060. The second kappa shape index (κ2) is 9.45. The number of carbonyl (C=O) groups is 2. The topological polar surface area (TPSA) is 68.5 Å². The van der Waals surface area contributed by atoms with Crippen LogP contribution in [0, 0.1) is 6.92 Å². The van der Waals surface area contributed by atoms with Gasteiger partial charge in [-0.2, -0.15) is 0 Å². The number of hydrogen-bond donors (Lipinski definition) is 1. The Morgan fingerprint density at radius 1 is 1.17 bits per heavy atom. The third-order valence-corrected chi connectivity index (χ3v) is 5.59. The molecule has 4 rings (SSSR count). The number of fused-ring (bicyclic) bond motifs is 1. The summed E-state index contributed by atoms with van der Waals surface area (Å²) in [7, 11) is 0. The van der Waals surface area contributed by atoms with Gasteiger partial charge in [0.1, 0.15) is 5.58 Å². The zero-order chi connectivity index (χ0) is 20.4. The normalized spacial score (nSPS) is 18.2. The molecule has 158 valence electrons. The molecule has 1 saturated heterocycles. The van der Waals surface area contributed by atoms with Gasteiger partial charge in [-0.05, 0) is 61.7 Å². The maximum atomic E-state index is 13.1. The van der Waals surface area contributed by atoms with Crippen molar-refractivity contribution in [1.82, 2.24) is 5.32 Å². The molecule has 0 unspecified atom stereocenters.